The molecule has 0 saturated carbocycles. The minimum absolute atomic E-state index is 0.0142. The average Bonchev–Trinajstić information content (AvgIpc) is 3.50. The summed E-state index contributed by atoms with van der Waals surface area (Å²) in [4.78, 5) is 38.1. The summed E-state index contributed by atoms with van der Waals surface area (Å²) in [5, 5.41) is 0. The van der Waals surface area contributed by atoms with Crippen LogP contribution in [0.3, 0.4) is 0 Å². The van der Waals surface area contributed by atoms with Gasteiger partial charge in [0.2, 0.25) is 0 Å². The molecule has 8 nitrogen and oxygen atoms in total. The first-order valence-corrected chi connectivity index (χ1v) is 11.3. The van der Waals surface area contributed by atoms with E-state index in [2.05, 4.69) is 9.97 Å². The lowest BCUT2D eigenvalue weighted by molar-refractivity contribution is -0.132. The molecule has 0 aliphatic carbocycles. The van der Waals surface area contributed by atoms with E-state index in [1.807, 2.05) is 36.9 Å². The van der Waals surface area contributed by atoms with E-state index in [4.69, 9.17) is 9.47 Å². The molecule has 0 N–H and O–H groups in total. The molecule has 1 aromatic heterocycles. The Balaban J connectivity index is 1.32. The molecule has 4 rings (SSSR count). The van der Waals surface area contributed by atoms with E-state index in [9.17, 15) is 9.59 Å². The van der Waals surface area contributed by atoms with Crippen LogP contribution in [0.2, 0.25) is 0 Å². The van der Waals surface area contributed by atoms with Crippen LogP contribution in [0.5, 0.6) is 11.5 Å². The van der Waals surface area contributed by atoms with Crippen molar-refractivity contribution in [3.8, 4) is 11.5 Å². The summed E-state index contributed by atoms with van der Waals surface area (Å²) in [6, 6.07) is 7.29. The van der Waals surface area contributed by atoms with Crippen molar-refractivity contribution in [1.29, 1.82) is 0 Å². The maximum Gasteiger partial charge on any atom is 0.260 e. The molecule has 0 bridgehead atoms. The van der Waals surface area contributed by atoms with Crippen LogP contribution in [0.4, 0.5) is 0 Å². The van der Waals surface area contributed by atoms with Gasteiger partial charge in [0.15, 0.2) is 6.61 Å². The molecule has 2 saturated heterocycles. The van der Waals surface area contributed by atoms with Crippen LogP contribution in [-0.4, -0.2) is 71.0 Å². The Morgan fingerprint density at radius 1 is 1.09 bits per heavy atom. The zero-order valence-corrected chi connectivity index (χ0v) is 18.7. The highest BCUT2D eigenvalue weighted by Gasteiger charge is 2.30. The molecule has 2 aliphatic rings. The topological polar surface area (TPSA) is 84.9 Å². The smallest absolute Gasteiger partial charge is 0.260 e. The highest BCUT2D eigenvalue weighted by molar-refractivity contribution is 5.95. The quantitative estimate of drug-likeness (QED) is 0.661. The predicted molar refractivity (Wildman–Crippen MR) is 119 cm³/mol. The van der Waals surface area contributed by atoms with Gasteiger partial charge in [-0.05, 0) is 45.2 Å². The molecule has 2 aliphatic heterocycles. The number of aryl methyl sites for hydroxylation is 1. The number of likely N-dealkylation sites (tertiary alicyclic amines) is 2. The van der Waals surface area contributed by atoms with Crippen LogP contribution >= 0.6 is 0 Å². The molecule has 2 fully saturated rings. The van der Waals surface area contributed by atoms with Crippen molar-refractivity contribution >= 4 is 11.8 Å². The first kappa shape index (κ1) is 22.0. The lowest BCUT2D eigenvalue weighted by Crippen LogP contribution is -2.33. The number of amides is 2. The normalized spacial score (nSPS) is 18.1. The summed E-state index contributed by atoms with van der Waals surface area (Å²) in [6.45, 7) is 7.14. The molecule has 170 valence electrons. The maximum absolute atomic E-state index is 12.7. The van der Waals surface area contributed by atoms with E-state index in [1.165, 1.54) is 0 Å². The van der Waals surface area contributed by atoms with Crippen LogP contribution in [0.15, 0.2) is 30.5 Å². The van der Waals surface area contributed by atoms with Crippen molar-refractivity contribution in [2.24, 2.45) is 0 Å². The molecular formula is C24H30N4O4. The monoisotopic (exact) mass is 438 g/mol. The summed E-state index contributed by atoms with van der Waals surface area (Å²) >= 11 is 0. The molecule has 0 unspecified atom stereocenters. The number of aromatic nitrogens is 2. The minimum atomic E-state index is -0.0631. The second-order valence-corrected chi connectivity index (χ2v) is 8.25. The molecule has 3 heterocycles. The SMILES string of the molecule is CCOc1cccc(OCC(=O)N2CC[C@H](c3ncc(C(=O)N4CCCC4)c(C)n3)C2)c1. The van der Waals surface area contributed by atoms with E-state index in [1.54, 1.807) is 17.2 Å². The Labute approximate surface area is 188 Å². The summed E-state index contributed by atoms with van der Waals surface area (Å²) in [7, 11) is 0. The van der Waals surface area contributed by atoms with Gasteiger partial charge in [0.05, 0.1) is 17.9 Å². The molecule has 1 aromatic carbocycles. The number of carbonyl (C=O) groups is 2. The number of ether oxygens (including phenoxy) is 2. The molecule has 2 amide bonds. The van der Waals surface area contributed by atoms with E-state index in [0.29, 0.717) is 42.5 Å². The Morgan fingerprint density at radius 3 is 2.56 bits per heavy atom. The van der Waals surface area contributed by atoms with Crippen molar-refractivity contribution in [2.45, 2.75) is 39.0 Å². The molecule has 2 aromatic rings. The average molecular weight is 439 g/mol. The first-order chi connectivity index (χ1) is 15.5. The molecule has 8 heteroatoms. The van der Waals surface area contributed by atoms with Crippen LogP contribution in [-0.2, 0) is 4.79 Å². The van der Waals surface area contributed by atoms with Crippen LogP contribution < -0.4 is 9.47 Å². The Hall–Kier alpha value is -3.16. The van der Waals surface area contributed by atoms with E-state index in [-0.39, 0.29) is 24.3 Å². The van der Waals surface area contributed by atoms with Crippen LogP contribution in [0, 0.1) is 6.92 Å². The van der Waals surface area contributed by atoms with Gasteiger partial charge >= 0.3 is 0 Å². The van der Waals surface area contributed by atoms with E-state index in [0.717, 1.165) is 38.1 Å². The second kappa shape index (κ2) is 9.97. The fourth-order valence-corrected chi connectivity index (χ4v) is 4.24. The summed E-state index contributed by atoms with van der Waals surface area (Å²) in [5.41, 5.74) is 1.28. The van der Waals surface area contributed by atoms with Crippen molar-refractivity contribution in [3.63, 3.8) is 0 Å². The van der Waals surface area contributed by atoms with Gasteiger partial charge in [-0.25, -0.2) is 9.97 Å². The van der Waals surface area contributed by atoms with Crippen LogP contribution in [0.1, 0.15) is 54.0 Å². The van der Waals surface area contributed by atoms with Gasteiger partial charge in [-0.15, -0.1) is 0 Å². The van der Waals surface area contributed by atoms with Crippen molar-refractivity contribution < 1.29 is 19.1 Å². The third-order valence-electron chi connectivity index (χ3n) is 6.01. The van der Waals surface area contributed by atoms with Gasteiger partial charge in [0, 0.05) is 44.4 Å². The molecule has 0 radical (unpaired) electrons. The molecule has 0 spiro atoms. The fourth-order valence-electron chi connectivity index (χ4n) is 4.24. The highest BCUT2D eigenvalue weighted by Crippen LogP contribution is 2.26. The zero-order chi connectivity index (χ0) is 22.5. The number of benzene rings is 1. The van der Waals surface area contributed by atoms with Gasteiger partial charge in [0.25, 0.3) is 11.8 Å². The largest absolute Gasteiger partial charge is 0.494 e. The number of hydrogen-bond acceptors (Lipinski definition) is 6. The third-order valence-corrected chi connectivity index (χ3v) is 6.01. The predicted octanol–water partition coefficient (Wildman–Crippen LogP) is 2.81. The molecule has 32 heavy (non-hydrogen) atoms. The van der Waals surface area contributed by atoms with Crippen molar-refractivity contribution in [2.75, 3.05) is 39.4 Å². The summed E-state index contributed by atoms with van der Waals surface area (Å²) in [6.07, 6.45) is 4.55. The maximum atomic E-state index is 12.7. The van der Waals surface area contributed by atoms with E-state index >= 15 is 0 Å². The minimum Gasteiger partial charge on any atom is -0.494 e. The van der Waals surface area contributed by atoms with Gasteiger partial charge < -0.3 is 19.3 Å². The number of carbonyl (C=O) groups excluding carboxylic acids is 2. The molecular weight excluding hydrogens is 408 g/mol. The van der Waals surface area contributed by atoms with Gasteiger partial charge in [-0.1, -0.05) is 6.07 Å². The Kier molecular flexibility index (Phi) is 6.87. The third kappa shape index (κ3) is 5.00. The van der Waals surface area contributed by atoms with Gasteiger partial charge in [-0.3, -0.25) is 9.59 Å². The molecule has 1 atom stereocenters. The van der Waals surface area contributed by atoms with E-state index < -0.39 is 0 Å². The van der Waals surface area contributed by atoms with Crippen molar-refractivity contribution in [3.05, 3.63) is 47.5 Å². The highest BCUT2D eigenvalue weighted by atomic mass is 16.5. The zero-order valence-electron chi connectivity index (χ0n) is 18.7. The summed E-state index contributed by atoms with van der Waals surface area (Å²) < 4.78 is 11.1. The standard InChI is InChI=1S/C24H30N4O4/c1-3-31-19-7-6-8-20(13-19)32-16-22(29)28-12-9-18(15-28)23-25-14-21(17(2)26-23)24(30)27-10-4-5-11-27/h6-8,13-14,18H,3-5,9-12,15-16H2,1-2H3/t18-/m0/s1. The van der Waals surface area contributed by atoms with Crippen molar-refractivity contribution in [1.82, 2.24) is 19.8 Å². The van der Waals surface area contributed by atoms with Gasteiger partial charge in [-0.2, -0.15) is 0 Å². The van der Waals surface area contributed by atoms with Gasteiger partial charge in [0.1, 0.15) is 17.3 Å². The number of hydrogen-bond donors (Lipinski definition) is 0. The lowest BCUT2D eigenvalue weighted by atomic mass is 10.1. The lowest BCUT2D eigenvalue weighted by Gasteiger charge is -2.18. The second-order valence-electron chi connectivity index (χ2n) is 8.25. The number of nitrogens with zero attached hydrogens (tertiary/aromatic N) is 4. The first-order valence-electron chi connectivity index (χ1n) is 11.3. The Bertz CT molecular complexity index is 974. The fraction of sp³-hybridized carbons (Fsp3) is 0.500. The summed E-state index contributed by atoms with van der Waals surface area (Å²) in [5.74, 6) is 2.04. The Morgan fingerprint density at radius 2 is 1.84 bits per heavy atom. The van der Waals surface area contributed by atoms with Crippen LogP contribution in [0.25, 0.3) is 0 Å². The number of rotatable bonds is 7.